The summed E-state index contributed by atoms with van der Waals surface area (Å²) in [5.74, 6) is 0.188. The lowest BCUT2D eigenvalue weighted by atomic mass is 9.78. The molecule has 0 saturated carbocycles. The number of hydrogen-bond donors (Lipinski definition) is 0. The predicted molar refractivity (Wildman–Crippen MR) is 72.9 cm³/mol. The number of carbonyl (C=O) groups excluding carboxylic acids is 1. The first kappa shape index (κ1) is 12.1. The molecule has 0 aliphatic rings. The van der Waals surface area contributed by atoms with Gasteiger partial charge in [-0.25, -0.2) is 0 Å². The largest absolute Gasteiger partial charge is 0.293 e. The maximum absolute atomic E-state index is 12.5. The molecule has 0 atom stereocenters. The third-order valence-electron chi connectivity index (χ3n) is 3.06. The van der Waals surface area contributed by atoms with Crippen LogP contribution in [0.4, 0.5) is 0 Å². The molecule has 17 heavy (non-hydrogen) atoms. The number of benzene rings is 1. The van der Waals surface area contributed by atoms with Crippen molar-refractivity contribution in [2.24, 2.45) is 0 Å². The highest BCUT2D eigenvalue weighted by molar-refractivity contribution is 7.10. The molecule has 1 aromatic carbocycles. The van der Waals surface area contributed by atoms with Crippen LogP contribution in [0.1, 0.15) is 34.6 Å². The molecule has 0 spiro atoms. The predicted octanol–water partition coefficient (Wildman–Crippen LogP) is 4.22. The van der Waals surface area contributed by atoms with Gasteiger partial charge in [-0.3, -0.25) is 4.79 Å². The second kappa shape index (κ2) is 4.46. The number of ketones is 1. The highest BCUT2D eigenvalue weighted by atomic mass is 32.1. The van der Waals surface area contributed by atoms with Crippen molar-refractivity contribution in [1.82, 2.24) is 0 Å². The first-order valence-corrected chi connectivity index (χ1v) is 6.55. The van der Waals surface area contributed by atoms with E-state index in [4.69, 9.17) is 0 Å². The quantitative estimate of drug-likeness (QED) is 0.739. The molecule has 0 bridgehead atoms. The van der Waals surface area contributed by atoms with Gasteiger partial charge in [0.25, 0.3) is 0 Å². The Morgan fingerprint density at radius 2 is 1.82 bits per heavy atom. The summed E-state index contributed by atoms with van der Waals surface area (Å²) < 4.78 is 0. The molecule has 2 rings (SSSR count). The highest BCUT2D eigenvalue weighted by Crippen LogP contribution is 2.29. The van der Waals surface area contributed by atoms with E-state index in [0.717, 1.165) is 11.1 Å². The molecule has 1 aromatic heterocycles. The monoisotopic (exact) mass is 244 g/mol. The molecule has 0 unspecified atom stereocenters. The zero-order valence-electron chi connectivity index (χ0n) is 10.4. The second-order valence-electron chi connectivity index (χ2n) is 4.77. The van der Waals surface area contributed by atoms with Gasteiger partial charge in [0.05, 0.1) is 5.41 Å². The van der Waals surface area contributed by atoms with Gasteiger partial charge in [-0.1, -0.05) is 30.3 Å². The molecular formula is C15H16OS. The van der Waals surface area contributed by atoms with Gasteiger partial charge in [0, 0.05) is 15.8 Å². The van der Waals surface area contributed by atoms with E-state index in [1.54, 1.807) is 11.3 Å². The van der Waals surface area contributed by atoms with E-state index >= 15 is 0 Å². The second-order valence-corrected chi connectivity index (χ2v) is 5.88. The van der Waals surface area contributed by atoms with Crippen molar-refractivity contribution in [3.63, 3.8) is 0 Å². The molecular weight excluding hydrogens is 228 g/mol. The average molecular weight is 244 g/mol. The minimum Gasteiger partial charge on any atom is -0.293 e. The van der Waals surface area contributed by atoms with Gasteiger partial charge in [-0.05, 0) is 32.4 Å². The normalized spacial score (nSPS) is 11.5. The summed E-state index contributed by atoms with van der Waals surface area (Å²) in [6, 6.07) is 11.9. The summed E-state index contributed by atoms with van der Waals surface area (Å²) in [4.78, 5) is 13.7. The van der Waals surface area contributed by atoms with E-state index < -0.39 is 5.41 Å². The van der Waals surface area contributed by atoms with Crippen molar-refractivity contribution in [2.45, 2.75) is 26.2 Å². The van der Waals surface area contributed by atoms with E-state index in [2.05, 4.69) is 0 Å². The summed E-state index contributed by atoms with van der Waals surface area (Å²) in [6.45, 7) is 5.99. The minimum absolute atomic E-state index is 0.188. The highest BCUT2D eigenvalue weighted by Gasteiger charge is 2.30. The van der Waals surface area contributed by atoms with Gasteiger partial charge in [-0.15, -0.1) is 11.3 Å². The molecule has 0 fully saturated rings. The molecule has 2 heteroatoms. The third-order valence-corrected chi connectivity index (χ3v) is 3.92. The lowest BCUT2D eigenvalue weighted by Crippen LogP contribution is -2.28. The van der Waals surface area contributed by atoms with Crippen LogP contribution in [0.25, 0.3) is 0 Å². The van der Waals surface area contributed by atoms with Crippen LogP contribution in [0.3, 0.4) is 0 Å². The average Bonchev–Trinajstić information content (AvgIpc) is 2.76. The van der Waals surface area contributed by atoms with Crippen LogP contribution in [0.2, 0.25) is 0 Å². The number of carbonyl (C=O) groups is 1. The number of aryl methyl sites for hydroxylation is 1. The van der Waals surface area contributed by atoms with Crippen LogP contribution < -0.4 is 0 Å². The molecule has 1 nitrogen and oxygen atoms in total. The molecule has 88 valence electrons. The smallest absolute Gasteiger partial charge is 0.173 e. The lowest BCUT2D eigenvalue weighted by molar-refractivity contribution is 0.0909. The van der Waals surface area contributed by atoms with Crippen molar-refractivity contribution in [3.8, 4) is 0 Å². The van der Waals surface area contributed by atoms with Gasteiger partial charge < -0.3 is 0 Å². The van der Waals surface area contributed by atoms with Gasteiger partial charge in [0.2, 0.25) is 0 Å². The summed E-state index contributed by atoms with van der Waals surface area (Å²) >= 11 is 1.62. The Morgan fingerprint density at radius 1 is 1.18 bits per heavy atom. The Morgan fingerprint density at radius 3 is 2.35 bits per heavy atom. The minimum atomic E-state index is -0.464. The third kappa shape index (κ3) is 2.32. The standard InChI is InChI=1S/C15H16OS/c1-11-9-12(10-17-11)14(16)15(2,3)13-7-5-4-6-8-13/h4-10H,1-3H3. The molecule has 1 heterocycles. The van der Waals surface area contributed by atoms with E-state index in [9.17, 15) is 4.79 Å². The van der Waals surface area contributed by atoms with E-state index in [1.807, 2.05) is 62.5 Å². The van der Waals surface area contributed by atoms with Crippen LogP contribution in [-0.4, -0.2) is 5.78 Å². The molecule has 2 aromatic rings. The Balaban J connectivity index is 2.36. The SMILES string of the molecule is Cc1cc(C(=O)C(C)(C)c2ccccc2)cs1. The van der Waals surface area contributed by atoms with Gasteiger partial charge in [0.1, 0.15) is 0 Å². The summed E-state index contributed by atoms with van der Waals surface area (Å²) in [7, 11) is 0. The maximum atomic E-state index is 12.5. The first-order valence-electron chi connectivity index (χ1n) is 5.67. The molecule has 0 amide bonds. The first-order chi connectivity index (χ1) is 8.01. The summed E-state index contributed by atoms with van der Waals surface area (Å²) in [6.07, 6.45) is 0. The Kier molecular flexibility index (Phi) is 3.16. The van der Waals surface area contributed by atoms with E-state index in [-0.39, 0.29) is 5.78 Å². The van der Waals surface area contributed by atoms with Crippen LogP contribution in [0.5, 0.6) is 0 Å². The van der Waals surface area contributed by atoms with Gasteiger partial charge in [0.15, 0.2) is 5.78 Å². The van der Waals surface area contributed by atoms with Crippen molar-refractivity contribution >= 4 is 17.1 Å². The van der Waals surface area contributed by atoms with Crippen molar-refractivity contribution in [3.05, 3.63) is 57.8 Å². The van der Waals surface area contributed by atoms with Crippen LogP contribution in [-0.2, 0) is 5.41 Å². The van der Waals surface area contributed by atoms with Crippen LogP contribution in [0, 0.1) is 6.92 Å². The molecule has 0 saturated heterocycles. The number of rotatable bonds is 3. The fourth-order valence-corrected chi connectivity index (χ4v) is 2.59. The van der Waals surface area contributed by atoms with Crippen molar-refractivity contribution in [2.75, 3.05) is 0 Å². The van der Waals surface area contributed by atoms with Crippen LogP contribution in [0.15, 0.2) is 41.8 Å². The molecule has 0 radical (unpaired) electrons. The molecule has 0 aliphatic heterocycles. The van der Waals surface area contributed by atoms with Crippen LogP contribution >= 0.6 is 11.3 Å². The van der Waals surface area contributed by atoms with E-state index in [0.29, 0.717) is 0 Å². The topological polar surface area (TPSA) is 17.1 Å². The fourth-order valence-electron chi connectivity index (χ4n) is 1.91. The van der Waals surface area contributed by atoms with E-state index in [1.165, 1.54) is 4.88 Å². The number of Topliss-reactive ketones (excluding diaryl/α,β-unsaturated/α-hetero) is 1. The van der Waals surface area contributed by atoms with Gasteiger partial charge >= 0.3 is 0 Å². The number of thiophene rings is 1. The maximum Gasteiger partial charge on any atom is 0.173 e. The van der Waals surface area contributed by atoms with Crippen molar-refractivity contribution in [1.29, 1.82) is 0 Å². The molecule has 0 N–H and O–H groups in total. The zero-order valence-corrected chi connectivity index (χ0v) is 11.2. The summed E-state index contributed by atoms with van der Waals surface area (Å²) in [5.41, 5.74) is 1.42. The Bertz CT molecular complexity index is 523. The van der Waals surface area contributed by atoms with Crippen molar-refractivity contribution < 1.29 is 4.79 Å². The van der Waals surface area contributed by atoms with Gasteiger partial charge in [-0.2, -0.15) is 0 Å². The molecule has 0 aliphatic carbocycles. The zero-order chi connectivity index (χ0) is 12.5. The summed E-state index contributed by atoms with van der Waals surface area (Å²) in [5, 5.41) is 1.95. The lowest BCUT2D eigenvalue weighted by Gasteiger charge is -2.23. The number of hydrogen-bond acceptors (Lipinski definition) is 2. The Hall–Kier alpha value is -1.41. The Labute approximate surface area is 106 Å². The fraction of sp³-hybridized carbons (Fsp3) is 0.267.